The molecule has 0 atom stereocenters. The average Bonchev–Trinajstić information content (AvgIpc) is 2.18. The second-order valence-corrected chi connectivity index (χ2v) is 10.3. The zero-order chi connectivity index (χ0) is 9.64. The monoisotopic (exact) mass is 279 g/mol. The molecule has 6 heteroatoms. The van der Waals surface area contributed by atoms with Crippen LogP contribution >= 0.6 is 51.1 Å². The Morgan fingerprint density at radius 3 is 2.14 bits per heavy atom. The van der Waals surface area contributed by atoms with Crippen LogP contribution in [0.2, 0.25) is 0 Å². The van der Waals surface area contributed by atoms with Gasteiger partial charge in [-0.3, -0.25) is 0 Å². The zero-order valence-electron chi connectivity index (χ0n) is 7.29. The molecule has 1 aliphatic rings. The highest BCUT2D eigenvalue weighted by atomic mass is 33.8. The molecule has 0 saturated carbocycles. The molecule has 1 aromatic carbocycles. The van der Waals surface area contributed by atoms with E-state index in [1.165, 1.54) is 5.69 Å². The topological polar surface area (TPSA) is 3.24 Å². The van der Waals surface area contributed by atoms with Gasteiger partial charge in [0.1, 0.15) is 0 Å². The Balaban J connectivity index is 2.01. The molecule has 0 aromatic heterocycles. The van der Waals surface area contributed by atoms with Gasteiger partial charge in [0.05, 0.1) is 11.8 Å². The Hall–Kier alpha value is 0.770. The summed E-state index contributed by atoms with van der Waals surface area (Å²) in [6, 6.07) is 10.6. The number of para-hydroxylation sites is 1. The van der Waals surface area contributed by atoms with Crippen molar-refractivity contribution < 1.29 is 0 Å². The predicted octanol–water partition coefficient (Wildman–Crippen LogP) is 4.75. The third kappa shape index (κ3) is 3.41. The number of rotatable bonds is 1. The number of benzene rings is 1. The molecule has 14 heavy (non-hydrogen) atoms. The van der Waals surface area contributed by atoms with Gasteiger partial charge in [-0.15, -0.1) is 0 Å². The van der Waals surface area contributed by atoms with Gasteiger partial charge in [-0.05, 0) is 41.6 Å². The van der Waals surface area contributed by atoms with Crippen molar-refractivity contribution in [3.05, 3.63) is 30.3 Å². The third-order valence-electron chi connectivity index (χ3n) is 1.69. The number of hydrogen-bond acceptors (Lipinski definition) is 6. The Bertz CT molecular complexity index is 260. The van der Waals surface area contributed by atoms with Gasteiger partial charge in [0.25, 0.3) is 0 Å². The summed E-state index contributed by atoms with van der Waals surface area (Å²) in [6.07, 6.45) is 0. The Morgan fingerprint density at radius 2 is 1.50 bits per heavy atom. The summed E-state index contributed by atoms with van der Waals surface area (Å²) in [5.74, 6) is 2.13. The summed E-state index contributed by atoms with van der Waals surface area (Å²) in [7, 11) is 9.39. The number of hydrogen-bond donors (Lipinski definition) is 0. The lowest BCUT2D eigenvalue weighted by Gasteiger charge is -2.24. The van der Waals surface area contributed by atoms with Gasteiger partial charge < -0.3 is 4.90 Å². The van der Waals surface area contributed by atoms with Crippen molar-refractivity contribution in [3.63, 3.8) is 0 Å². The first-order valence-corrected chi connectivity index (χ1v) is 10.5. The molecule has 1 heterocycles. The first-order valence-electron chi connectivity index (χ1n) is 4.01. The maximum Gasteiger partial charge on any atom is 0.0759 e. The van der Waals surface area contributed by atoms with Gasteiger partial charge in [-0.25, -0.2) is 0 Å². The van der Waals surface area contributed by atoms with Gasteiger partial charge in [0.2, 0.25) is 0 Å². The van der Waals surface area contributed by atoms with Crippen LogP contribution < -0.4 is 4.90 Å². The minimum Gasteiger partial charge on any atom is -0.351 e. The van der Waals surface area contributed by atoms with Crippen LogP contribution in [0.15, 0.2) is 30.3 Å². The molecule has 76 valence electrons. The van der Waals surface area contributed by atoms with Crippen LogP contribution in [0.4, 0.5) is 5.69 Å². The molecule has 0 aliphatic carbocycles. The van der Waals surface area contributed by atoms with Gasteiger partial charge in [-0.2, -0.15) is 0 Å². The van der Waals surface area contributed by atoms with E-state index >= 15 is 0 Å². The molecule has 0 N–H and O–H groups in total. The summed E-state index contributed by atoms with van der Waals surface area (Å²) < 4.78 is 0. The van der Waals surface area contributed by atoms with Crippen molar-refractivity contribution in [1.29, 1.82) is 0 Å². The minimum atomic E-state index is 1.06. The fourth-order valence-electron chi connectivity index (χ4n) is 1.05. The van der Waals surface area contributed by atoms with Crippen LogP contribution in [0.25, 0.3) is 0 Å². The second kappa shape index (κ2) is 6.37. The first kappa shape index (κ1) is 11.3. The molecule has 0 amide bonds. The van der Waals surface area contributed by atoms with E-state index in [0.717, 1.165) is 11.8 Å². The molecular weight excluding hydrogens is 270 g/mol. The fourth-order valence-corrected chi connectivity index (χ4v) is 9.67. The highest BCUT2D eigenvalue weighted by Crippen LogP contribution is 2.51. The van der Waals surface area contributed by atoms with E-state index in [1.807, 2.05) is 51.1 Å². The number of nitrogens with zero attached hydrogens (tertiary/aromatic N) is 1. The standard InChI is InChI=1S/C8H9NS5/c1-2-4-8(5-3-1)9-6-10-12-14-13-11-7-9/h1-5H,6-7H2. The third-order valence-corrected chi connectivity index (χ3v) is 10.1. The van der Waals surface area contributed by atoms with Gasteiger partial charge in [0.15, 0.2) is 0 Å². The van der Waals surface area contributed by atoms with E-state index in [1.54, 1.807) is 0 Å². The summed E-state index contributed by atoms with van der Waals surface area (Å²) in [4.78, 5) is 2.40. The lowest BCUT2D eigenvalue weighted by atomic mass is 10.3. The Morgan fingerprint density at radius 1 is 0.857 bits per heavy atom. The predicted molar refractivity (Wildman–Crippen MR) is 76.6 cm³/mol. The van der Waals surface area contributed by atoms with Crippen molar-refractivity contribution in [2.45, 2.75) is 0 Å². The lowest BCUT2D eigenvalue weighted by molar-refractivity contribution is 1.07. The number of anilines is 1. The smallest absolute Gasteiger partial charge is 0.0759 e. The molecule has 1 fully saturated rings. The van der Waals surface area contributed by atoms with Crippen LogP contribution in [-0.2, 0) is 0 Å². The summed E-state index contributed by atoms with van der Waals surface area (Å²) in [6.45, 7) is 0. The van der Waals surface area contributed by atoms with Crippen molar-refractivity contribution in [2.24, 2.45) is 0 Å². The van der Waals surface area contributed by atoms with Crippen LogP contribution in [0.5, 0.6) is 0 Å². The Kier molecular flexibility index (Phi) is 5.13. The van der Waals surface area contributed by atoms with Crippen molar-refractivity contribution >= 4 is 56.8 Å². The quantitative estimate of drug-likeness (QED) is 0.678. The van der Waals surface area contributed by atoms with E-state index in [-0.39, 0.29) is 0 Å². The van der Waals surface area contributed by atoms with E-state index in [9.17, 15) is 0 Å². The van der Waals surface area contributed by atoms with Crippen LogP contribution in [0.1, 0.15) is 0 Å². The van der Waals surface area contributed by atoms with Crippen LogP contribution in [0, 0.1) is 0 Å². The SMILES string of the molecule is c1ccc(N2CSSSSSC2)cc1. The molecular formula is C8H9NS5. The van der Waals surface area contributed by atoms with Gasteiger partial charge in [-0.1, -0.05) is 39.8 Å². The highest BCUT2D eigenvalue weighted by Gasteiger charge is 2.09. The maximum atomic E-state index is 2.40. The highest BCUT2D eigenvalue weighted by molar-refractivity contribution is 9.35. The molecule has 0 unspecified atom stereocenters. The van der Waals surface area contributed by atoms with Crippen molar-refractivity contribution in [3.8, 4) is 0 Å². The maximum absolute atomic E-state index is 2.40. The summed E-state index contributed by atoms with van der Waals surface area (Å²) >= 11 is 0. The van der Waals surface area contributed by atoms with Crippen LogP contribution in [0.3, 0.4) is 0 Å². The second-order valence-electron chi connectivity index (χ2n) is 2.57. The van der Waals surface area contributed by atoms with Crippen LogP contribution in [-0.4, -0.2) is 11.8 Å². The fraction of sp³-hybridized carbons (Fsp3) is 0.250. The molecule has 1 saturated heterocycles. The molecule has 1 nitrogen and oxygen atoms in total. The lowest BCUT2D eigenvalue weighted by Crippen LogP contribution is -2.21. The van der Waals surface area contributed by atoms with E-state index in [4.69, 9.17) is 0 Å². The molecule has 2 rings (SSSR count). The molecule has 0 bridgehead atoms. The molecule has 0 spiro atoms. The van der Waals surface area contributed by atoms with Gasteiger partial charge >= 0.3 is 0 Å². The molecule has 1 aromatic rings. The van der Waals surface area contributed by atoms with E-state index < -0.39 is 0 Å². The van der Waals surface area contributed by atoms with E-state index in [2.05, 4.69) is 35.2 Å². The Labute approximate surface area is 103 Å². The first-order chi connectivity index (χ1) is 6.97. The average molecular weight is 280 g/mol. The van der Waals surface area contributed by atoms with E-state index in [0.29, 0.717) is 0 Å². The summed E-state index contributed by atoms with van der Waals surface area (Å²) in [5, 5.41) is 0. The normalized spacial score (nSPS) is 18.7. The largest absolute Gasteiger partial charge is 0.351 e. The zero-order valence-corrected chi connectivity index (χ0v) is 11.4. The van der Waals surface area contributed by atoms with Gasteiger partial charge in [0, 0.05) is 5.69 Å². The molecule has 1 aliphatic heterocycles. The van der Waals surface area contributed by atoms with Crippen molar-refractivity contribution in [1.82, 2.24) is 0 Å². The van der Waals surface area contributed by atoms with Crippen molar-refractivity contribution in [2.75, 3.05) is 16.7 Å². The minimum absolute atomic E-state index is 1.06. The molecule has 0 radical (unpaired) electrons. The summed E-state index contributed by atoms with van der Waals surface area (Å²) in [5.41, 5.74) is 1.32.